The lowest BCUT2D eigenvalue weighted by molar-refractivity contribution is -0.138. The summed E-state index contributed by atoms with van der Waals surface area (Å²) in [7, 11) is 0. The number of nitrogens with one attached hydrogen (secondary N) is 1. The zero-order valence-electron chi connectivity index (χ0n) is 17.8. The quantitative estimate of drug-likeness (QED) is 0.338. The van der Waals surface area contributed by atoms with E-state index in [1.54, 1.807) is 24.3 Å². The van der Waals surface area contributed by atoms with Crippen molar-refractivity contribution in [2.75, 3.05) is 0 Å². The number of rotatable bonds is 7. The molecule has 32 heavy (non-hydrogen) atoms. The molecule has 0 unspecified atom stereocenters. The average molecular weight is 431 g/mol. The van der Waals surface area contributed by atoms with Crippen LogP contribution in [-0.2, 0) is 17.8 Å². The molecule has 0 spiro atoms. The summed E-state index contributed by atoms with van der Waals surface area (Å²) in [4.78, 5) is 27.6. The fourth-order valence-corrected chi connectivity index (χ4v) is 3.28. The number of benzene rings is 3. The van der Waals surface area contributed by atoms with Gasteiger partial charge in [0.25, 0.3) is 5.91 Å². The van der Waals surface area contributed by atoms with Gasteiger partial charge in [-0.05, 0) is 47.7 Å². The number of carbonyl (C=O) groups is 2. The Bertz CT molecular complexity index is 1140. The summed E-state index contributed by atoms with van der Waals surface area (Å²) in [6.07, 6.45) is 0.182. The van der Waals surface area contributed by atoms with E-state index in [0.717, 1.165) is 22.3 Å². The van der Waals surface area contributed by atoms with Crippen LogP contribution in [0.1, 0.15) is 27.0 Å². The van der Waals surface area contributed by atoms with E-state index in [9.17, 15) is 9.59 Å². The molecule has 7 nitrogen and oxygen atoms in total. The third-order valence-electron chi connectivity index (χ3n) is 5.00. The first kappa shape index (κ1) is 22.7. The summed E-state index contributed by atoms with van der Waals surface area (Å²) >= 11 is 0. The normalized spacial score (nSPS) is 12.2. The SMILES string of the molecule is Cc1cccc(-c2ccccc2CN=C(N)NC(=O)c2ccc(C[C@H](N)C(=O)O)cc2)c1. The maximum absolute atomic E-state index is 12.4. The van der Waals surface area contributed by atoms with Gasteiger partial charge < -0.3 is 16.6 Å². The third kappa shape index (κ3) is 6.02. The molecule has 6 N–H and O–H groups in total. The van der Waals surface area contributed by atoms with Crippen LogP contribution in [0.25, 0.3) is 11.1 Å². The Kier molecular flexibility index (Phi) is 7.36. The Labute approximate surface area is 186 Å². The Morgan fingerprint density at radius 3 is 2.44 bits per heavy atom. The number of nitrogens with two attached hydrogens (primary N) is 2. The van der Waals surface area contributed by atoms with E-state index in [1.807, 2.05) is 49.4 Å². The molecular formula is C25H26N4O3. The highest BCUT2D eigenvalue weighted by atomic mass is 16.4. The number of carboxylic acids is 1. The molecule has 164 valence electrons. The molecule has 0 heterocycles. The minimum absolute atomic E-state index is 0.0195. The van der Waals surface area contributed by atoms with Gasteiger partial charge in [0.15, 0.2) is 5.96 Å². The first-order valence-electron chi connectivity index (χ1n) is 10.2. The van der Waals surface area contributed by atoms with Crippen LogP contribution in [0.4, 0.5) is 0 Å². The van der Waals surface area contributed by atoms with Gasteiger partial charge in [0.1, 0.15) is 6.04 Å². The summed E-state index contributed by atoms with van der Waals surface area (Å²) < 4.78 is 0. The number of guanidine groups is 1. The molecule has 0 aliphatic rings. The van der Waals surface area contributed by atoms with Crippen molar-refractivity contribution in [3.63, 3.8) is 0 Å². The Morgan fingerprint density at radius 2 is 1.75 bits per heavy atom. The predicted molar refractivity (Wildman–Crippen MR) is 125 cm³/mol. The van der Waals surface area contributed by atoms with Crippen LogP contribution in [-0.4, -0.2) is 29.0 Å². The molecule has 0 saturated heterocycles. The van der Waals surface area contributed by atoms with E-state index in [1.165, 1.54) is 5.56 Å². The number of amides is 1. The maximum Gasteiger partial charge on any atom is 0.320 e. The minimum Gasteiger partial charge on any atom is -0.480 e. The van der Waals surface area contributed by atoms with E-state index in [4.69, 9.17) is 16.6 Å². The molecule has 3 rings (SSSR count). The molecule has 0 aliphatic carbocycles. The highest BCUT2D eigenvalue weighted by Gasteiger charge is 2.13. The lowest BCUT2D eigenvalue weighted by atomic mass is 9.98. The lowest BCUT2D eigenvalue weighted by Gasteiger charge is -2.10. The van der Waals surface area contributed by atoms with Crippen molar-refractivity contribution in [2.45, 2.75) is 25.9 Å². The van der Waals surface area contributed by atoms with E-state index < -0.39 is 17.9 Å². The first-order chi connectivity index (χ1) is 15.3. The zero-order valence-corrected chi connectivity index (χ0v) is 17.8. The molecule has 0 bridgehead atoms. The highest BCUT2D eigenvalue weighted by molar-refractivity contribution is 6.05. The Balaban J connectivity index is 1.65. The van der Waals surface area contributed by atoms with Gasteiger partial charge in [0.05, 0.1) is 6.54 Å². The molecule has 3 aromatic carbocycles. The maximum atomic E-state index is 12.4. The van der Waals surface area contributed by atoms with Crippen LogP contribution >= 0.6 is 0 Å². The summed E-state index contributed by atoms with van der Waals surface area (Å²) in [5.74, 6) is -1.45. The number of aliphatic imine (C=N–C) groups is 1. The van der Waals surface area contributed by atoms with Gasteiger partial charge in [0.2, 0.25) is 0 Å². The van der Waals surface area contributed by atoms with Crippen molar-refractivity contribution >= 4 is 17.8 Å². The van der Waals surface area contributed by atoms with Crippen LogP contribution in [0, 0.1) is 6.92 Å². The van der Waals surface area contributed by atoms with Gasteiger partial charge in [-0.25, -0.2) is 4.99 Å². The zero-order chi connectivity index (χ0) is 23.1. The molecule has 3 aromatic rings. The summed E-state index contributed by atoms with van der Waals surface area (Å²) in [5, 5.41) is 11.5. The number of aliphatic carboxylic acids is 1. The van der Waals surface area contributed by atoms with E-state index in [0.29, 0.717) is 12.1 Å². The molecular weight excluding hydrogens is 404 g/mol. The number of hydrogen-bond acceptors (Lipinski definition) is 4. The van der Waals surface area contributed by atoms with Crippen molar-refractivity contribution in [3.8, 4) is 11.1 Å². The monoisotopic (exact) mass is 430 g/mol. The number of carboxylic acid groups (broad SMARTS) is 1. The smallest absolute Gasteiger partial charge is 0.320 e. The highest BCUT2D eigenvalue weighted by Crippen LogP contribution is 2.25. The van der Waals surface area contributed by atoms with Gasteiger partial charge in [-0.3, -0.25) is 14.9 Å². The number of carbonyl (C=O) groups excluding carboxylic acids is 1. The molecule has 1 amide bonds. The molecule has 0 fully saturated rings. The predicted octanol–water partition coefficient (Wildman–Crippen LogP) is 2.86. The van der Waals surface area contributed by atoms with Crippen molar-refractivity contribution in [1.82, 2.24) is 5.32 Å². The van der Waals surface area contributed by atoms with E-state index in [-0.39, 0.29) is 12.4 Å². The molecule has 0 saturated carbocycles. The second kappa shape index (κ2) is 10.4. The van der Waals surface area contributed by atoms with E-state index in [2.05, 4.69) is 16.4 Å². The third-order valence-corrected chi connectivity index (χ3v) is 5.00. The minimum atomic E-state index is -1.07. The van der Waals surface area contributed by atoms with E-state index >= 15 is 0 Å². The van der Waals surface area contributed by atoms with Crippen LogP contribution in [0.2, 0.25) is 0 Å². The van der Waals surface area contributed by atoms with Gasteiger partial charge in [-0.15, -0.1) is 0 Å². The van der Waals surface area contributed by atoms with Crippen molar-refractivity contribution in [2.24, 2.45) is 16.5 Å². The Morgan fingerprint density at radius 1 is 1.03 bits per heavy atom. The number of hydrogen-bond donors (Lipinski definition) is 4. The van der Waals surface area contributed by atoms with Crippen molar-refractivity contribution < 1.29 is 14.7 Å². The van der Waals surface area contributed by atoms with Crippen LogP contribution in [0.5, 0.6) is 0 Å². The number of nitrogens with zero attached hydrogens (tertiary/aromatic N) is 1. The van der Waals surface area contributed by atoms with Gasteiger partial charge >= 0.3 is 5.97 Å². The summed E-state index contributed by atoms with van der Waals surface area (Å²) in [6, 6.07) is 21.7. The molecule has 7 heteroatoms. The molecule has 0 aromatic heterocycles. The fraction of sp³-hybridized carbons (Fsp3) is 0.160. The van der Waals surface area contributed by atoms with Crippen LogP contribution < -0.4 is 16.8 Å². The fourth-order valence-electron chi connectivity index (χ4n) is 3.28. The van der Waals surface area contributed by atoms with Crippen molar-refractivity contribution in [3.05, 3.63) is 95.1 Å². The topological polar surface area (TPSA) is 131 Å². The van der Waals surface area contributed by atoms with Gasteiger partial charge in [-0.1, -0.05) is 66.2 Å². The first-order valence-corrected chi connectivity index (χ1v) is 10.2. The number of aryl methyl sites for hydroxylation is 1. The largest absolute Gasteiger partial charge is 0.480 e. The summed E-state index contributed by atoms with van der Waals surface area (Å²) in [6.45, 7) is 2.37. The van der Waals surface area contributed by atoms with Gasteiger partial charge in [0, 0.05) is 5.56 Å². The second-order valence-electron chi connectivity index (χ2n) is 7.53. The van der Waals surface area contributed by atoms with Gasteiger partial charge in [-0.2, -0.15) is 0 Å². The van der Waals surface area contributed by atoms with Crippen LogP contribution in [0.3, 0.4) is 0 Å². The lowest BCUT2D eigenvalue weighted by Crippen LogP contribution is -2.36. The van der Waals surface area contributed by atoms with Crippen LogP contribution in [0.15, 0.2) is 77.8 Å². The molecule has 1 atom stereocenters. The Hall–Kier alpha value is -3.97. The average Bonchev–Trinajstić information content (AvgIpc) is 2.78. The second-order valence-corrected chi connectivity index (χ2v) is 7.53. The molecule has 0 aliphatic heterocycles. The molecule has 0 radical (unpaired) electrons. The summed E-state index contributed by atoms with van der Waals surface area (Å²) in [5.41, 5.74) is 16.9. The van der Waals surface area contributed by atoms with Crippen molar-refractivity contribution in [1.29, 1.82) is 0 Å². The standard InChI is InChI=1S/C25H26N4O3/c1-16-5-4-7-19(13-16)21-8-3-2-6-20(21)15-28-25(27)29-23(30)18-11-9-17(10-12-18)14-22(26)24(31)32/h2-13,22H,14-15,26H2,1H3,(H,31,32)(H3,27,28,29,30)/t22-/m0/s1.